The van der Waals surface area contributed by atoms with Gasteiger partial charge in [-0.05, 0) is 91.2 Å². The van der Waals surface area contributed by atoms with Gasteiger partial charge in [-0.15, -0.1) is 0 Å². The summed E-state index contributed by atoms with van der Waals surface area (Å²) >= 11 is 0. The summed E-state index contributed by atoms with van der Waals surface area (Å²) < 4.78 is 11.3. The number of hydrogen-bond acceptors (Lipinski definition) is 7. The highest BCUT2D eigenvalue weighted by atomic mass is 16.5. The van der Waals surface area contributed by atoms with E-state index in [1.54, 1.807) is 24.3 Å². The van der Waals surface area contributed by atoms with Crippen molar-refractivity contribution >= 4 is 17.7 Å². The van der Waals surface area contributed by atoms with Crippen molar-refractivity contribution in [3.63, 3.8) is 0 Å². The lowest BCUT2D eigenvalue weighted by atomic mass is 9.34. The number of aliphatic hydroxyl groups is 1. The Balaban J connectivity index is 1.43. The van der Waals surface area contributed by atoms with Crippen molar-refractivity contribution in [1.82, 2.24) is 0 Å². The number of hydrogen-bond donors (Lipinski definition) is 1. The van der Waals surface area contributed by atoms with Crippen molar-refractivity contribution in [3.8, 4) is 6.07 Å². The van der Waals surface area contributed by atoms with E-state index < -0.39 is 33.7 Å². The van der Waals surface area contributed by atoms with Gasteiger partial charge >= 0.3 is 11.9 Å². The van der Waals surface area contributed by atoms with E-state index in [-0.39, 0.29) is 52.5 Å². The van der Waals surface area contributed by atoms with Crippen molar-refractivity contribution in [3.05, 3.63) is 59.2 Å². The molecule has 46 heavy (non-hydrogen) atoms. The number of nitrogens with zero attached hydrogens (tertiary/aromatic N) is 1. The Labute approximate surface area is 273 Å². The number of allylic oxidation sites excluding steroid dienone is 3. The average molecular weight is 628 g/mol. The summed E-state index contributed by atoms with van der Waals surface area (Å²) in [5, 5.41) is 21.9. The Bertz CT molecular complexity index is 1570. The topological polar surface area (TPSA) is 114 Å². The van der Waals surface area contributed by atoms with E-state index in [0.717, 1.165) is 44.1 Å². The molecule has 3 fully saturated rings. The van der Waals surface area contributed by atoms with Crippen LogP contribution in [0, 0.1) is 61.6 Å². The highest BCUT2D eigenvalue weighted by Crippen LogP contribution is 2.74. The lowest BCUT2D eigenvalue weighted by molar-refractivity contribution is -0.192. The average Bonchev–Trinajstić information content (AvgIpc) is 3.02. The molecule has 9 atom stereocenters. The molecule has 0 amide bonds. The molecule has 7 heteroatoms. The van der Waals surface area contributed by atoms with Gasteiger partial charge in [-0.3, -0.25) is 9.59 Å². The molecule has 5 aliphatic rings. The molecule has 1 aromatic carbocycles. The van der Waals surface area contributed by atoms with Gasteiger partial charge in [0.1, 0.15) is 6.61 Å². The normalized spacial score (nSPS) is 42.5. The van der Waals surface area contributed by atoms with E-state index in [9.17, 15) is 24.8 Å². The van der Waals surface area contributed by atoms with E-state index in [1.807, 2.05) is 25.1 Å². The molecule has 0 bridgehead atoms. The summed E-state index contributed by atoms with van der Waals surface area (Å²) in [7, 11) is 1.47. The first kappa shape index (κ1) is 32.7. The summed E-state index contributed by atoms with van der Waals surface area (Å²) in [6.07, 6.45) is 8.01. The van der Waals surface area contributed by atoms with Crippen molar-refractivity contribution in [2.24, 2.45) is 50.2 Å². The SMILES string of the molecule is COC(=O)[C@]12CCC(C)(C)CC1C1C(=O)C=C3[C@@]4(C)C=C(C#N)C(O)[C@@](C)(COC(=O)c5ccccc5)C4CC[C@@]3(C)[C@]1(C)CC2. The second kappa shape index (κ2) is 10.6. The van der Waals surface area contributed by atoms with Gasteiger partial charge in [-0.1, -0.05) is 71.4 Å². The number of carbonyl (C=O) groups is 3. The monoisotopic (exact) mass is 627 g/mol. The molecule has 0 aromatic heterocycles. The Hall–Kier alpha value is -3.24. The molecular weight excluding hydrogens is 578 g/mol. The number of ketones is 1. The van der Waals surface area contributed by atoms with Crippen LogP contribution in [-0.2, 0) is 19.1 Å². The second-order valence-electron chi connectivity index (χ2n) is 16.7. The minimum absolute atomic E-state index is 0.0121. The smallest absolute Gasteiger partial charge is 0.338 e. The standard InChI is InChI=1S/C39H49NO6/c1-34(2)15-17-39(33(44)45-7)18-16-38(6)30(26(39)21-34)27(41)19-29-35(3)20-25(22-40)31(42)36(4,28(35)13-14-37(29,38)5)23-46-32(43)24-11-9-8-10-12-24/h8-12,19-20,26,28,30-31,42H,13-18,21,23H2,1-7H3/t26?,28?,30?,31?,35-,36-,37+,38+,39-/m0/s1. The van der Waals surface area contributed by atoms with Crippen LogP contribution in [-0.4, -0.2) is 42.6 Å². The summed E-state index contributed by atoms with van der Waals surface area (Å²) in [5.74, 6) is -1.21. The predicted octanol–water partition coefficient (Wildman–Crippen LogP) is 7.01. The molecule has 6 rings (SSSR count). The van der Waals surface area contributed by atoms with Gasteiger partial charge < -0.3 is 14.6 Å². The molecule has 4 unspecified atom stereocenters. The zero-order valence-electron chi connectivity index (χ0n) is 28.4. The number of rotatable bonds is 4. The van der Waals surface area contributed by atoms with Crippen LogP contribution >= 0.6 is 0 Å². The summed E-state index contributed by atoms with van der Waals surface area (Å²) in [5.41, 5.74) is -1.46. The van der Waals surface area contributed by atoms with Crippen LogP contribution in [0.15, 0.2) is 53.6 Å². The Morgan fingerprint density at radius 1 is 1.00 bits per heavy atom. The van der Waals surface area contributed by atoms with E-state index in [4.69, 9.17) is 9.47 Å². The van der Waals surface area contributed by atoms with E-state index in [2.05, 4.69) is 40.7 Å². The van der Waals surface area contributed by atoms with E-state index >= 15 is 0 Å². The van der Waals surface area contributed by atoms with Gasteiger partial charge in [0.2, 0.25) is 0 Å². The molecule has 0 aliphatic heterocycles. The third-order valence-electron chi connectivity index (χ3n) is 14.0. The summed E-state index contributed by atoms with van der Waals surface area (Å²) in [6, 6.07) is 11.0. The van der Waals surface area contributed by atoms with Crippen molar-refractivity contribution in [1.29, 1.82) is 5.26 Å². The number of nitriles is 1. The number of benzene rings is 1. The molecule has 1 N–H and O–H groups in total. The lowest BCUT2D eigenvalue weighted by Gasteiger charge is -2.69. The first-order valence-corrected chi connectivity index (χ1v) is 16.9. The van der Waals surface area contributed by atoms with Crippen molar-refractivity contribution in [2.75, 3.05) is 13.7 Å². The number of ether oxygens (including phenoxy) is 2. The maximum atomic E-state index is 14.7. The fraction of sp³-hybridized carbons (Fsp3) is 0.641. The zero-order valence-corrected chi connectivity index (χ0v) is 28.4. The third-order valence-corrected chi connectivity index (χ3v) is 14.0. The molecule has 7 nitrogen and oxygen atoms in total. The molecule has 0 spiro atoms. The minimum Gasteiger partial charge on any atom is -0.469 e. The molecule has 0 saturated heterocycles. The van der Waals surface area contributed by atoms with E-state index in [0.29, 0.717) is 12.0 Å². The molecule has 5 aliphatic carbocycles. The molecule has 246 valence electrons. The third kappa shape index (κ3) is 4.35. The first-order chi connectivity index (χ1) is 21.5. The van der Waals surface area contributed by atoms with Crippen LogP contribution in [0.1, 0.15) is 96.8 Å². The minimum atomic E-state index is -1.12. The number of methoxy groups -OCH3 is 1. The molecule has 0 radical (unpaired) electrons. The van der Waals surface area contributed by atoms with Crippen LogP contribution in [0.3, 0.4) is 0 Å². The first-order valence-electron chi connectivity index (χ1n) is 16.9. The lowest BCUT2D eigenvalue weighted by Crippen LogP contribution is -2.66. The van der Waals surface area contributed by atoms with Crippen LogP contribution in [0.2, 0.25) is 0 Å². The highest BCUT2D eigenvalue weighted by Gasteiger charge is 2.71. The fourth-order valence-electron chi connectivity index (χ4n) is 11.2. The Kier molecular flexibility index (Phi) is 7.56. The second-order valence-corrected chi connectivity index (χ2v) is 16.7. The van der Waals surface area contributed by atoms with Crippen LogP contribution in [0.25, 0.3) is 0 Å². The summed E-state index contributed by atoms with van der Waals surface area (Å²) in [6.45, 7) is 13.0. The Morgan fingerprint density at radius 3 is 2.33 bits per heavy atom. The van der Waals surface area contributed by atoms with Gasteiger partial charge in [0.05, 0.1) is 35.8 Å². The fourth-order valence-corrected chi connectivity index (χ4v) is 11.2. The number of aliphatic hydroxyl groups excluding tert-OH is 1. The summed E-state index contributed by atoms with van der Waals surface area (Å²) in [4.78, 5) is 41.3. The zero-order chi connectivity index (χ0) is 33.5. The van der Waals surface area contributed by atoms with Crippen molar-refractivity contribution in [2.45, 2.75) is 92.6 Å². The van der Waals surface area contributed by atoms with Crippen molar-refractivity contribution < 1.29 is 29.0 Å². The van der Waals surface area contributed by atoms with Gasteiger partial charge in [0.25, 0.3) is 0 Å². The molecule has 1 aromatic rings. The maximum absolute atomic E-state index is 14.7. The van der Waals surface area contributed by atoms with Crippen LogP contribution < -0.4 is 0 Å². The van der Waals surface area contributed by atoms with E-state index in [1.165, 1.54) is 7.11 Å². The van der Waals surface area contributed by atoms with Gasteiger partial charge in [-0.2, -0.15) is 5.26 Å². The number of fused-ring (bicyclic) bond motifs is 7. The number of carbonyl (C=O) groups excluding carboxylic acids is 3. The van der Waals surface area contributed by atoms with Gasteiger partial charge in [0, 0.05) is 16.7 Å². The quantitative estimate of drug-likeness (QED) is 0.357. The molecule has 3 saturated carbocycles. The Morgan fingerprint density at radius 2 is 1.67 bits per heavy atom. The molecule has 0 heterocycles. The van der Waals surface area contributed by atoms with Gasteiger partial charge in [0.15, 0.2) is 5.78 Å². The highest BCUT2D eigenvalue weighted by molar-refractivity contribution is 5.96. The number of esters is 2. The van der Waals surface area contributed by atoms with Crippen LogP contribution in [0.5, 0.6) is 0 Å². The van der Waals surface area contributed by atoms with Gasteiger partial charge in [-0.25, -0.2) is 4.79 Å². The largest absolute Gasteiger partial charge is 0.469 e. The van der Waals surface area contributed by atoms with Crippen LogP contribution in [0.4, 0.5) is 0 Å². The maximum Gasteiger partial charge on any atom is 0.338 e. The predicted molar refractivity (Wildman–Crippen MR) is 173 cm³/mol. The molecular formula is C39H49NO6.